The van der Waals surface area contributed by atoms with Gasteiger partial charge in [-0.15, -0.1) is 11.3 Å². The highest BCUT2D eigenvalue weighted by Gasteiger charge is 2.07. The van der Waals surface area contributed by atoms with E-state index >= 15 is 0 Å². The largest absolute Gasteiger partial charge is 0.350 e. The summed E-state index contributed by atoms with van der Waals surface area (Å²) in [7, 11) is 2.02. The van der Waals surface area contributed by atoms with Gasteiger partial charge >= 0.3 is 0 Å². The summed E-state index contributed by atoms with van der Waals surface area (Å²) >= 11 is 1.66. The lowest BCUT2D eigenvalue weighted by atomic mass is 10.2. The van der Waals surface area contributed by atoms with Gasteiger partial charge in [-0.2, -0.15) is 0 Å². The molecule has 0 aliphatic carbocycles. The molecule has 0 unspecified atom stereocenters. The molecule has 0 bridgehead atoms. The van der Waals surface area contributed by atoms with E-state index in [0.29, 0.717) is 18.7 Å². The van der Waals surface area contributed by atoms with Crippen molar-refractivity contribution in [1.29, 1.82) is 0 Å². The second kappa shape index (κ2) is 6.20. The Kier molecular flexibility index (Phi) is 4.13. The Labute approximate surface area is 127 Å². The number of thiazole rings is 1. The van der Waals surface area contributed by atoms with Crippen molar-refractivity contribution in [3.8, 4) is 10.6 Å². The predicted molar refractivity (Wildman–Crippen MR) is 83.5 cm³/mol. The van der Waals surface area contributed by atoms with Gasteiger partial charge < -0.3 is 9.88 Å². The lowest BCUT2D eigenvalue weighted by Gasteiger charge is -2.03. The second-order valence-corrected chi connectivity index (χ2v) is 5.93. The molecule has 0 atom stereocenters. The summed E-state index contributed by atoms with van der Waals surface area (Å²) in [4.78, 5) is 5.56. The Morgan fingerprint density at radius 2 is 2.05 bits per heavy atom. The average molecular weight is 301 g/mol. The van der Waals surface area contributed by atoms with Gasteiger partial charge in [0.25, 0.3) is 0 Å². The van der Waals surface area contributed by atoms with Crippen LogP contribution < -0.4 is 5.32 Å². The van der Waals surface area contributed by atoms with Gasteiger partial charge in [0.2, 0.25) is 0 Å². The first-order chi connectivity index (χ1) is 10.2. The van der Waals surface area contributed by atoms with Crippen molar-refractivity contribution in [1.82, 2.24) is 14.9 Å². The van der Waals surface area contributed by atoms with Gasteiger partial charge in [-0.25, -0.2) is 9.37 Å². The zero-order chi connectivity index (χ0) is 14.7. The van der Waals surface area contributed by atoms with Crippen molar-refractivity contribution in [2.75, 3.05) is 0 Å². The number of hydrogen-bond donors (Lipinski definition) is 1. The Balaban J connectivity index is 1.61. The highest BCUT2D eigenvalue weighted by Crippen LogP contribution is 2.25. The van der Waals surface area contributed by atoms with E-state index in [4.69, 9.17) is 0 Å². The fourth-order valence-corrected chi connectivity index (χ4v) is 3.13. The fraction of sp³-hybridized carbons (Fsp3) is 0.188. The van der Waals surface area contributed by atoms with Gasteiger partial charge in [0, 0.05) is 38.1 Å². The minimum absolute atomic E-state index is 0.173. The normalized spacial score (nSPS) is 11.0. The zero-order valence-corrected chi connectivity index (χ0v) is 12.5. The number of benzene rings is 1. The first-order valence-electron chi connectivity index (χ1n) is 6.74. The Morgan fingerprint density at radius 3 is 2.81 bits per heavy atom. The maximum atomic E-state index is 13.5. The topological polar surface area (TPSA) is 29.9 Å². The predicted octanol–water partition coefficient (Wildman–Crippen LogP) is 3.58. The van der Waals surface area contributed by atoms with E-state index in [0.717, 1.165) is 15.6 Å². The number of aromatic nitrogens is 2. The summed E-state index contributed by atoms with van der Waals surface area (Å²) in [5.74, 6) is -0.173. The van der Waals surface area contributed by atoms with Crippen LogP contribution in [-0.2, 0) is 20.1 Å². The summed E-state index contributed by atoms with van der Waals surface area (Å²) in [5, 5.41) is 4.24. The van der Waals surface area contributed by atoms with E-state index in [-0.39, 0.29) is 5.82 Å². The van der Waals surface area contributed by atoms with Crippen molar-refractivity contribution in [3.05, 3.63) is 65.2 Å². The summed E-state index contributed by atoms with van der Waals surface area (Å²) in [6, 6.07) is 10.9. The third-order valence-corrected chi connectivity index (χ3v) is 4.32. The Morgan fingerprint density at radius 1 is 1.19 bits per heavy atom. The van der Waals surface area contributed by atoms with Crippen molar-refractivity contribution in [3.63, 3.8) is 0 Å². The Hall–Kier alpha value is -1.98. The summed E-state index contributed by atoms with van der Waals surface area (Å²) in [6.45, 7) is 1.15. The molecule has 0 aliphatic heterocycles. The summed E-state index contributed by atoms with van der Waals surface area (Å²) in [5.41, 5.74) is 1.84. The summed E-state index contributed by atoms with van der Waals surface area (Å²) in [6.07, 6.45) is 3.91. The maximum absolute atomic E-state index is 13.5. The minimum atomic E-state index is -0.173. The van der Waals surface area contributed by atoms with E-state index in [2.05, 4.69) is 20.9 Å². The van der Waals surface area contributed by atoms with Crippen LogP contribution in [0, 0.1) is 5.82 Å². The van der Waals surface area contributed by atoms with Crippen molar-refractivity contribution < 1.29 is 4.39 Å². The molecule has 0 amide bonds. The number of rotatable bonds is 5. The second-order valence-electron chi connectivity index (χ2n) is 4.82. The monoisotopic (exact) mass is 301 g/mol. The third kappa shape index (κ3) is 3.20. The van der Waals surface area contributed by atoms with Crippen LogP contribution in [0.25, 0.3) is 10.6 Å². The number of nitrogens with zero attached hydrogens (tertiary/aromatic N) is 2. The van der Waals surface area contributed by atoms with Crippen LogP contribution >= 0.6 is 11.3 Å². The van der Waals surface area contributed by atoms with Crippen molar-refractivity contribution in [2.45, 2.75) is 13.1 Å². The molecule has 0 saturated carbocycles. The van der Waals surface area contributed by atoms with E-state index < -0.39 is 0 Å². The molecule has 1 N–H and O–H groups in total. The van der Waals surface area contributed by atoms with E-state index in [9.17, 15) is 4.39 Å². The molecule has 0 spiro atoms. The minimum Gasteiger partial charge on any atom is -0.350 e. The van der Waals surface area contributed by atoms with Crippen LogP contribution in [0.15, 0.2) is 48.8 Å². The first kappa shape index (κ1) is 14.0. The molecule has 21 heavy (non-hydrogen) atoms. The standard InChI is InChI=1S/C16H16FN3S/c1-20-8-4-7-14(20)15-10-19-16(21-15)11-18-9-12-5-2-3-6-13(12)17/h2-8,10,18H,9,11H2,1H3. The lowest BCUT2D eigenvalue weighted by Crippen LogP contribution is -2.13. The van der Waals surface area contributed by atoms with Gasteiger partial charge in [0.05, 0.1) is 10.6 Å². The number of halogens is 1. The molecule has 3 aromatic rings. The van der Waals surface area contributed by atoms with Gasteiger partial charge in [0.1, 0.15) is 10.8 Å². The highest BCUT2D eigenvalue weighted by molar-refractivity contribution is 7.15. The van der Waals surface area contributed by atoms with E-state index in [1.807, 2.05) is 31.6 Å². The fourth-order valence-electron chi connectivity index (χ4n) is 2.17. The zero-order valence-electron chi connectivity index (χ0n) is 11.7. The molecule has 3 rings (SSSR count). The molecule has 0 radical (unpaired) electrons. The SMILES string of the molecule is Cn1cccc1-c1cnc(CNCc2ccccc2F)s1. The molecule has 0 aliphatic rings. The maximum Gasteiger partial charge on any atom is 0.127 e. The molecular formula is C16H16FN3S. The highest BCUT2D eigenvalue weighted by atomic mass is 32.1. The molecule has 2 aromatic heterocycles. The van der Waals surface area contributed by atoms with Crippen LogP contribution in [0.2, 0.25) is 0 Å². The molecule has 1 aromatic carbocycles. The molecule has 5 heteroatoms. The van der Waals surface area contributed by atoms with Gasteiger partial charge in [-0.1, -0.05) is 18.2 Å². The molecule has 3 nitrogen and oxygen atoms in total. The molecule has 2 heterocycles. The van der Waals surface area contributed by atoms with Gasteiger partial charge in [0.15, 0.2) is 0 Å². The number of hydrogen-bond acceptors (Lipinski definition) is 3. The molecule has 108 valence electrons. The Bertz CT molecular complexity index is 732. The smallest absolute Gasteiger partial charge is 0.127 e. The first-order valence-corrected chi connectivity index (χ1v) is 7.56. The molecular weight excluding hydrogens is 285 g/mol. The average Bonchev–Trinajstić information content (AvgIpc) is 3.10. The third-order valence-electron chi connectivity index (χ3n) is 3.30. The van der Waals surface area contributed by atoms with Crippen LogP contribution in [0.4, 0.5) is 4.39 Å². The number of nitrogens with one attached hydrogen (secondary N) is 1. The van der Waals surface area contributed by atoms with E-state index in [1.165, 1.54) is 6.07 Å². The van der Waals surface area contributed by atoms with E-state index in [1.54, 1.807) is 23.5 Å². The van der Waals surface area contributed by atoms with Crippen molar-refractivity contribution >= 4 is 11.3 Å². The van der Waals surface area contributed by atoms with Crippen LogP contribution in [0.5, 0.6) is 0 Å². The van der Waals surface area contributed by atoms with Crippen LogP contribution in [0.1, 0.15) is 10.6 Å². The quantitative estimate of drug-likeness (QED) is 0.780. The van der Waals surface area contributed by atoms with Crippen molar-refractivity contribution in [2.24, 2.45) is 7.05 Å². The molecule has 0 saturated heterocycles. The van der Waals surface area contributed by atoms with Gasteiger partial charge in [-0.05, 0) is 18.2 Å². The van der Waals surface area contributed by atoms with Crippen LogP contribution in [0.3, 0.4) is 0 Å². The van der Waals surface area contributed by atoms with Crippen LogP contribution in [-0.4, -0.2) is 9.55 Å². The number of aryl methyl sites for hydroxylation is 1. The van der Waals surface area contributed by atoms with Gasteiger partial charge in [-0.3, -0.25) is 0 Å². The lowest BCUT2D eigenvalue weighted by molar-refractivity contribution is 0.587. The molecule has 0 fully saturated rings. The summed E-state index contributed by atoms with van der Waals surface area (Å²) < 4.78 is 15.6.